The Kier molecular flexibility index (Phi) is 6.97. The Hall–Kier alpha value is -0.300. The fraction of sp³-hybridized carbons (Fsp3) is 0.833. The van der Waals surface area contributed by atoms with Crippen molar-refractivity contribution in [2.75, 3.05) is 6.54 Å². The molecule has 78 valence electrons. The van der Waals surface area contributed by atoms with Crippen LogP contribution in [-0.4, -0.2) is 23.5 Å². The first kappa shape index (κ1) is 12.7. The lowest BCUT2D eigenvalue weighted by atomic mass is 10.2. The van der Waals surface area contributed by atoms with Crippen LogP contribution in [-0.2, 0) is 0 Å². The molecule has 0 fully saturated rings. The quantitative estimate of drug-likeness (QED) is 0.570. The number of unbranched alkanes of at least 4 members (excludes halogenated alkanes) is 1. The lowest BCUT2D eigenvalue weighted by Gasteiger charge is -2.29. The molecule has 0 aromatic rings. The molecule has 0 amide bonds. The average molecular weight is 183 g/mol. The molecular weight excluding hydrogens is 158 g/mol. The van der Waals surface area contributed by atoms with Gasteiger partial charge in [0.25, 0.3) is 0 Å². The van der Waals surface area contributed by atoms with Crippen molar-refractivity contribution >= 4 is 0 Å². The summed E-state index contributed by atoms with van der Waals surface area (Å²) in [5, 5.41) is 0. The van der Waals surface area contributed by atoms with Gasteiger partial charge in [-0.05, 0) is 34.1 Å². The van der Waals surface area contributed by atoms with Crippen molar-refractivity contribution in [3.63, 3.8) is 0 Å². The van der Waals surface area contributed by atoms with Gasteiger partial charge in [0.05, 0.1) is 0 Å². The van der Waals surface area contributed by atoms with Crippen LogP contribution in [0.5, 0.6) is 0 Å². The van der Waals surface area contributed by atoms with Crippen LogP contribution in [0.3, 0.4) is 0 Å². The molecule has 0 saturated heterocycles. The van der Waals surface area contributed by atoms with Gasteiger partial charge in [0, 0.05) is 18.6 Å². The molecule has 0 unspecified atom stereocenters. The van der Waals surface area contributed by atoms with Crippen molar-refractivity contribution in [1.29, 1.82) is 0 Å². The van der Waals surface area contributed by atoms with Crippen molar-refractivity contribution in [1.82, 2.24) is 4.90 Å². The van der Waals surface area contributed by atoms with Crippen LogP contribution in [0.1, 0.15) is 47.5 Å². The molecule has 0 radical (unpaired) electrons. The molecule has 0 saturated carbocycles. The predicted molar refractivity (Wildman–Crippen MR) is 61.0 cm³/mol. The van der Waals surface area contributed by atoms with Crippen LogP contribution in [0.25, 0.3) is 0 Å². The largest absolute Gasteiger partial charge is 0.295 e. The molecule has 0 aromatic heterocycles. The fourth-order valence-corrected chi connectivity index (χ4v) is 1.50. The Labute approximate surface area is 83.8 Å². The average Bonchev–Trinajstić information content (AvgIpc) is 2.02. The van der Waals surface area contributed by atoms with E-state index >= 15 is 0 Å². The second kappa shape index (κ2) is 7.14. The molecule has 1 heteroatoms. The van der Waals surface area contributed by atoms with E-state index in [0.29, 0.717) is 12.1 Å². The van der Waals surface area contributed by atoms with Crippen molar-refractivity contribution in [3.8, 4) is 0 Å². The highest BCUT2D eigenvalue weighted by atomic mass is 15.2. The molecule has 0 atom stereocenters. The van der Waals surface area contributed by atoms with Crippen LogP contribution >= 0.6 is 0 Å². The first-order chi connectivity index (χ1) is 6.09. The monoisotopic (exact) mass is 183 g/mol. The van der Waals surface area contributed by atoms with E-state index in [4.69, 9.17) is 0 Å². The first-order valence-electron chi connectivity index (χ1n) is 5.50. The maximum absolute atomic E-state index is 2.49. The van der Waals surface area contributed by atoms with Gasteiger partial charge >= 0.3 is 0 Å². The van der Waals surface area contributed by atoms with Crippen molar-refractivity contribution in [3.05, 3.63) is 12.2 Å². The Bertz CT molecular complexity index is 128. The van der Waals surface area contributed by atoms with Gasteiger partial charge in [-0.2, -0.15) is 0 Å². The summed E-state index contributed by atoms with van der Waals surface area (Å²) in [7, 11) is 0. The van der Waals surface area contributed by atoms with E-state index in [-0.39, 0.29) is 0 Å². The normalized spacial score (nSPS) is 12.6. The highest BCUT2D eigenvalue weighted by Gasteiger charge is 2.10. The zero-order valence-electron chi connectivity index (χ0n) is 9.88. The minimum absolute atomic E-state index is 0.645. The minimum Gasteiger partial charge on any atom is -0.295 e. The van der Waals surface area contributed by atoms with Gasteiger partial charge in [0.15, 0.2) is 0 Å². The standard InChI is InChI=1S/C12H25N/c1-6-7-8-9-10-13(11(2)3)12(4)5/h8-9,11-12H,6-7,10H2,1-5H3/b9-8+. The minimum atomic E-state index is 0.645. The molecular formula is C12H25N. The van der Waals surface area contributed by atoms with E-state index in [9.17, 15) is 0 Å². The maximum atomic E-state index is 2.49. The van der Waals surface area contributed by atoms with Gasteiger partial charge in [0.2, 0.25) is 0 Å². The lowest BCUT2D eigenvalue weighted by Crippen LogP contribution is -2.36. The first-order valence-corrected chi connectivity index (χ1v) is 5.50. The molecule has 0 bridgehead atoms. The fourth-order valence-electron chi connectivity index (χ4n) is 1.50. The predicted octanol–water partition coefficient (Wildman–Crippen LogP) is 3.46. The van der Waals surface area contributed by atoms with Gasteiger partial charge in [-0.3, -0.25) is 4.90 Å². The van der Waals surface area contributed by atoms with Crippen molar-refractivity contribution in [2.45, 2.75) is 59.5 Å². The zero-order chi connectivity index (χ0) is 10.3. The van der Waals surface area contributed by atoms with E-state index in [1.165, 1.54) is 12.8 Å². The maximum Gasteiger partial charge on any atom is 0.0168 e. The number of rotatable bonds is 6. The molecule has 0 heterocycles. The van der Waals surface area contributed by atoms with E-state index in [1.807, 2.05) is 0 Å². The van der Waals surface area contributed by atoms with Gasteiger partial charge in [-0.1, -0.05) is 25.5 Å². The summed E-state index contributed by atoms with van der Waals surface area (Å²) in [6.07, 6.45) is 7.05. The van der Waals surface area contributed by atoms with Crippen molar-refractivity contribution < 1.29 is 0 Å². The Morgan fingerprint density at radius 2 is 1.54 bits per heavy atom. The van der Waals surface area contributed by atoms with Crippen molar-refractivity contribution in [2.24, 2.45) is 0 Å². The summed E-state index contributed by atoms with van der Waals surface area (Å²) in [5.74, 6) is 0. The smallest absolute Gasteiger partial charge is 0.0168 e. The number of allylic oxidation sites excluding steroid dienone is 1. The molecule has 0 aliphatic carbocycles. The lowest BCUT2D eigenvalue weighted by molar-refractivity contribution is 0.196. The second-order valence-corrected chi connectivity index (χ2v) is 4.14. The molecule has 0 aliphatic heterocycles. The second-order valence-electron chi connectivity index (χ2n) is 4.14. The Morgan fingerprint density at radius 3 is 1.92 bits per heavy atom. The highest BCUT2D eigenvalue weighted by molar-refractivity contribution is 4.86. The molecule has 0 aliphatic rings. The Balaban J connectivity index is 3.83. The van der Waals surface area contributed by atoms with Gasteiger partial charge in [0.1, 0.15) is 0 Å². The summed E-state index contributed by atoms with van der Waals surface area (Å²) in [6, 6.07) is 1.29. The van der Waals surface area contributed by atoms with Gasteiger partial charge < -0.3 is 0 Å². The summed E-state index contributed by atoms with van der Waals surface area (Å²) in [6.45, 7) is 12.3. The third kappa shape index (κ3) is 5.87. The van der Waals surface area contributed by atoms with E-state index < -0.39 is 0 Å². The third-order valence-corrected chi connectivity index (χ3v) is 2.26. The van der Waals surface area contributed by atoms with E-state index in [0.717, 1.165) is 6.54 Å². The molecule has 0 N–H and O–H groups in total. The molecule has 1 nitrogen and oxygen atoms in total. The molecule has 0 rings (SSSR count). The third-order valence-electron chi connectivity index (χ3n) is 2.26. The Morgan fingerprint density at radius 1 is 1.00 bits per heavy atom. The molecule has 0 spiro atoms. The zero-order valence-corrected chi connectivity index (χ0v) is 9.88. The summed E-state index contributed by atoms with van der Waals surface area (Å²) in [4.78, 5) is 2.49. The summed E-state index contributed by atoms with van der Waals surface area (Å²) >= 11 is 0. The number of hydrogen-bond donors (Lipinski definition) is 0. The summed E-state index contributed by atoms with van der Waals surface area (Å²) < 4.78 is 0. The van der Waals surface area contributed by atoms with E-state index in [1.54, 1.807) is 0 Å². The van der Waals surface area contributed by atoms with Crippen LogP contribution in [0.15, 0.2) is 12.2 Å². The van der Waals surface area contributed by atoms with Crippen LogP contribution in [0.2, 0.25) is 0 Å². The van der Waals surface area contributed by atoms with Crippen LogP contribution in [0.4, 0.5) is 0 Å². The van der Waals surface area contributed by atoms with Crippen LogP contribution < -0.4 is 0 Å². The summed E-state index contributed by atoms with van der Waals surface area (Å²) in [5.41, 5.74) is 0. The number of nitrogens with zero attached hydrogens (tertiary/aromatic N) is 1. The van der Waals surface area contributed by atoms with Crippen LogP contribution in [0, 0.1) is 0 Å². The topological polar surface area (TPSA) is 3.24 Å². The van der Waals surface area contributed by atoms with Gasteiger partial charge in [-0.15, -0.1) is 0 Å². The van der Waals surface area contributed by atoms with Gasteiger partial charge in [-0.25, -0.2) is 0 Å². The molecule has 0 aromatic carbocycles. The number of hydrogen-bond acceptors (Lipinski definition) is 1. The molecule has 13 heavy (non-hydrogen) atoms. The highest BCUT2D eigenvalue weighted by Crippen LogP contribution is 2.04. The SMILES string of the molecule is CCC/C=C/CN(C(C)C)C(C)C. The van der Waals surface area contributed by atoms with E-state index in [2.05, 4.69) is 51.7 Å².